The highest BCUT2D eigenvalue weighted by Crippen LogP contribution is 2.30. The Balaban J connectivity index is 2.02. The summed E-state index contributed by atoms with van der Waals surface area (Å²) in [7, 11) is -4.21. The Morgan fingerprint density at radius 1 is 0.925 bits per heavy atom. The smallest absolute Gasteiger partial charge is 0.264 e. The van der Waals surface area contributed by atoms with Crippen LogP contribution in [0.4, 0.5) is 5.69 Å². The molecule has 2 amide bonds. The molecular weight excluding hydrogens is 569 g/mol. The molecule has 0 aliphatic rings. The van der Waals surface area contributed by atoms with Gasteiger partial charge in [-0.15, -0.1) is 0 Å². The van der Waals surface area contributed by atoms with Crippen molar-refractivity contribution in [1.29, 1.82) is 0 Å². The summed E-state index contributed by atoms with van der Waals surface area (Å²) in [5, 5.41) is 3.35. The van der Waals surface area contributed by atoms with Gasteiger partial charge in [-0.25, -0.2) is 8.42 Å². The minimum Gasteiger partial charge on any atom is -0.350 e. The zero-order chi connectivity index (χ0) is 29.7. The van der Waals surface area contributed by atoms with Crippen LogP contribution in [0, 0.1) is 6.92 Å². The number of nitrogens with one attached hydrogen (secondary N) is 1. The van der Waals surface area contributed by atoms with E-state index in [-0.39, 0.29) is 33.1 Å². The van der Waals surface area contributed by atoms with E-state index in [9.17, 15) is 18.0 Å². The quantitative estimate of drug-likeness (QED) is 0.314. The SMILES string of the molecule is Cc1ccc(S(=O)(=O)N(CC(=O)N(CCc2ccccc2)C(C)C(=O)NC(C)(C)C)c2cc(Cl)cc(Cl)c2)cc1. The van der Waals surface area contributed by atoms with Crippen molar-refractivity contribution in [1.82, 2.24) is 10.2 Å². The number of rotatable bonds is 10. The molecule has 1 unspecified atom stereocenters. The molecule has 40 heavy (non-hydrogen) atoms. The van der Waals surface area contributed by atoms with Crippen molar-refractivity contribution in [3.05, 3.63) is 94.0 Å². The summed E-state index contributed by atoms with van der Waals surface area (Å²) in [5.41, 5.74) is 1.49. The summed E-state index contributed by atoms with van der Waals surface area (Å²) >= 11 is 12.5. The lowest BCUT2D eigenvalue weighted by molar-refractivity contribution is -0.139. The Morgan fingerprint density at radius 3 is 2.05 bits per heavy atom. The predicted octanol–water partition coefficient (Wildman–Crippen LogP) is 5.87. The molecule has 0 aliphatic carbocycles. The molecule has 0 saturated heterocycles. The van der Waals surface area contributed by atoms with Crippen LogP contribution in [0.1, 0.15) is 38.8 Å². The van der Waals surface area contributed by atoms with Gasteiger partial charge < -0.3 is 10.2 Å². The van der Waals surface area contributed by atoms with Gasteiger partial charge in [0.05, 0.1) is 10.6 Å². The van der Waals surface area contributed by atoms with Gasteiger partial charge in [-0.1, -0.05) is 71.2 Å². The van der Waals surface area contributed by atoms with Crippen molar-refractivity contribution < 1.29 is 18.0 Å². The first-order chi connectivity index (χ1) is 18.7. The van der Waals surface area contributed by atoms with E-state index in [1.54, 1.807) is 19.1 Å². The highest BCUT2D eigenvalue weighted by Gasteiger charge is 2.33. The molecule has 3 rings (SSSR count). The Morgan fingerprint density at radius 2 is 1.50 bits per heavy atom. The number of aryl methyl sites for hydroxylation is 1. The number of sulfonamides is 1. The van der Waals surface area contributed by atoms with E-state index in [1.807, 2.05) is 58.0 Å². The third-order valence-electron chi connectivity index (χ3n) is 6.17. The largest absolute Gasteiger partial charge is 0.350 e. The molecule has 0 saturated carbocycles. The fourth-order valence-electron chi connectivity index (χ4n) is 4.09. The number of anilines is 1. The van der Waals surface area contributed by atoms with Crippen LogP contribution in [0.25, 0.3) is 0 Å². The van der Waals surface area contributed by atoms with Crippen LogP contribution in [0.3, 0.4) is 0 Å². The van der Waals surface area contributed by atoms with E-state index in [2.05, 4.69) is 5.32 Å². The summed E-state index contributed by atoms with van der Waals surface area (Å²) < 4.78 is 28.8. The number of benzene rings is 3. The molecular formula is C30H35Cl2N3O4S. The molecule has 214 valence electrons. The first kappa shape index (κ1) is 31.5. The van der Waals surface area contributed by atoms with E-state index in [0.717, 1.165) is 15.4 Å². The molecule has 7 nitrogen and oxygen atoms in total. The molecule has 0 spiro atoms. The third-order valence-corrected chi connectivity index (χ3v) is 8.40. The van der Waals surface area contributed by atoms with Gasteiger partial charge >= 0.3 is 0 Å². The maximum absolute atomic E-state index is 13.9. The topological polar surface area (TPSA) is 86.8 Å². The second-order valence-corrected chi connectivity index (χ2v) is 13.4. The van der Waals surface area contributed by atoms with Gasteiger partial charge in [0.1, 0.15) is 12.6 Å². The van der Waals surface area contributed by atoms with Gasteiger partial charge in [-0.3, -0.25) is 13.9 Å². The molecule has 10 heteroatoms. The number of hydrogen-bond acceptors (Lipinski definition) is 4. The van der Waals surface area contributed by atoms with Crippen LogP contribution >= 0.6 is 23.2 Å². The fraction of sp³-hybridized carbons (Fsp3) is 0.333. The third kappa shape index (κ3) is 8.46. The summed E-state index contributed by atoms with van der Waals surface area (Å²) in [5.74, 6) is -0.882. The Kier molecular flexibility index (Phi) is 10.3. The van der Waals surface area contributed by atoms with Crippen LogP contribution in [0.15, 0.2) is 77.7 Å². The highest BCUT2D eigenvalue weighted by atomic mass is 35.5. The van der Waals surface area contributed by atoms with Crippen molar-refractivity contribution in [2.24, 2.45) is 0 Å². The number of halogens is 2. The molecule has 1 atom stereocenters. The van der Waals surface area contributed by atoms with Gasteiger partial charge in [0.2, 0.25) is 11.8 Å². The van der Waals surface area contributed by atoms with Crippen molar-refractivity contribution in [3.63, 3.8) is 0 Å². The van der Waals surface area contributed by atoms with Crippen LogP contribution in [-0.4, -0.2) is 49.8 Å². The summed E-state index contributed by atoms with van der Waals surface area (Å²) in [6.07, 6.45) is 0.480. The van der Waals surface area contributed by atoms with Gasteiger partial charge in [0.15, 0.2) is 0 Å². The zero-order valence-corrected chi connectivity index (χ0v) is 25.6. The standard InChI is InChI=1S/C30H35Cl2N3O4S/c1-21-11-13-27(14-12-21)40(38,39)35(26-18-24(31)17-25(32)19-26)20-28(36)34(16-15-23-9-7-6-8-10-23)22(2)29(37)33-30(3,4)5/h6-14,17-19,22H,15-16,20H2,1-5H3,(H,33,37). The van der Waals surface area contributed by atoms with Crippen LogP contribution < -0.4 is 9.62 Å². The molecule has 3 aromatic rings. The Hall–Kier alpha value is -3.07. The van der Waals surface area contributed by atoms with Crippen LogP contribution in [0.5, 0.6) is 0 Å². The lowest BCUT2D eigenvalue weighted by atomic mass is 10.1. The minimum atomic E-state index is -4.21. The van der Waals surface area contributed by atoms with Gasteiger partial charge in [-0.05, 0) is 76.9 Å². The molecule has 3 aromatic carbocycles. The van der Waals surface area contributed by atoms with E-state index in [4.69, 9.17) is 23.2 Å². The molecule has 0 fully saturated rings. The first-order valence-electron chi connectivity index (χ1n) is 12.9. The summed E-state index contributed by atoms with van der Waals surface area (Å²) in [4.78, 5) is 28.5. The number of carbonyl (C=O) groups excluding carboxylic acids is 2. The number of carbonyl (C=O) groups is 2. The van der Waals surface area contributed by atoms with Crippen LogP contribution in [-0.2, 0) is 26.0 Å². The lowest BCUT2D eigenvalue weighted by Gasteiger charge is -2.33. The molecule has 0 aliphatic heterocycles. The zero-order valence-electron chi connectivity index (χ0n) is 23.3. The molecule has 0 radical (unpaired) electrons. The summed E-state index contributed by atoms with van der Waals surface area (Å²) in [6, 6.07) is 19.4. The van der Waals surface area contributed by atoms with E-state index in [1.165, 1.54) is 35.2 Å². The number of nitrogens with zero attached hydrogens (tertiary/aromatic N) is 2. The molecule has 0 aromatic heterocycles. The molecule has 0 heterocycles. The Labute approximate surface area is 247 Å². The van der Waals surface area contributed by atoms with E-state index >= 15 is 0 Å². The van der Waals surface area contributed by atoms with Crippen molar-refractivity contribution in [3.8, 4) is 0 Å². The second-order valence-electron chi connectivity index (χ2n) is 10.7. The minimum absolute atomic E-state index is 0.0105. The van der Waals surface area contributed by atoms with Gasteiger partial charge in [-0.2, -0.15) is 0 Å². The number of amides is 2. The number of hydrogen-bond donors (Lipinski definition) is 1. The van der Waals surface area contributed by atoms with E-state index < -0.39 is 34.1 Å². The Bertz CT molecular complexity index is 1420. The van der Waals surface area contributed by atoms with Crippen molar-refractivity contribution >= 4 is 50.7 Å². The van der Waals surface area contributed by atoms with E-state index in [0.29, 0.717) is 6.42 Å². The summed E-state index contributed by atoms with van der Waals surface area (Å²) in [6.45, 7) is 8.69. The normalized spacial score (nSPS) is 12.5. The maximum atomic E-state index is 13.9. The average Bonchev–Trinajstić information content (AvgIpc) is 2.86. The average molecular weight is 605 g/mol. The van der Waals surface area contributed by atoms with Gasteiger partial charge in [0, 0.05) is 22.1 Å². The van der Waals surface area contributed by atoms with Crippen LogP contribution in [0.2, 0.25) is 10.0 Å². The maximum Gasteiger partial charge on any atom is 0.264 e. The van der Waals surface area contributed by atoms with Crippen molar-refractivity contribution in [2.45, 2.75) is 57.5 Å². The molecule has 1 N–H and O–H groups in total. The lowest BCUT2D eigenvalue weighted by Crippen LogP contribution is -2.55. The fourth-order valence-corrected chi connectivity index (χ4v) is 6.01. The van der Waals surface area contributed by atoms with Crippen molar-refractivity contribution in [2.75, 3.05) is 17.4 Å². The molecule has 0 bridgehead atoms. The highest BCUT2D eigenvalue weighted by molar-refractivity contribution is 7.92. The first-order valence-corrected chi connectivity index (χ1v) is 15.1. The second kappa shape index (κ2) is 13.1. The predicted molar refractivity (Wildman–Crippen MR) is 161 cm³/mol. The van der Waals surface area contributed by atoms with Gasteiger partial charge in [0.25, 0.3) is 10.0 Å². The monoisotopic (exact) mass is 603 g/mol.